The first-order valence-electron chi connectivity index (χ1n) is 5.51. The van der Waals surface area contributed by atoms with E-state index < -0.39 is 6.10 Å². The van der Waals surface area contributed by atoms with Crippen molar-refractivity contribution in [2.24, 2.45) is 0 Å². The summed E-state index contributed by atoms with van der Waals surface area (Å²) in [4.78, 5) is 11.5. The Morgan fingerprint density at radius 2 is 2.18 bits per heavy atom. The largest absolute Gasteiger partial charge is 0.383 e. The van der Waals surface area contributed by atoms with Crippen LogP contribution in [0.5, 0.6) is 0 Å². The van der Waals surface area contributed by atoms with Gasteiger partial charge < -0.3 is 24.8 Å². The van der Waals surface area contributed by atoms with Gasteiger partial charge in [0.25, 0.3) is 5.91 Å². The fraction of sp³-hybridized carbons (Fsp3) is 0.900. The highest BCUT2D eigenvalue weighted by molar-refractivity contribution is 5.85. The zero-order valence-corrected chi connectivity index (χ0v) is 10.9. The molecular weight excluding hydrogens is 248 g/mol. The first kappa shape index (κ1) is 16.6. The van der Waals surface area contributed by atoms with Crippen LogP contribution < -0.4 is 10.6 Å². The third-order valence-corrected chi connectivity index (χ3v) is 2.19. The summed E-state index contributed by atoms with van der Waals surface area (Å²) in [7, 11) is 1.66. The van der Waals surface area contributed by atoms with Crippen molar-refractivity contribution in [2.45, 2.75) is 6.10 Å². The monoisotopic (exact) mass is 268 g/mol. The fourth-order valence-electron chi connectivity index (χ4n) is 1.33. The minimum atomic E-state index is -0.451. The normalized spacial score (nSPS) is 19.5. The molecule has 2 N–H and O–H groups in total. The van der Waals surface area contributed by atoms with Gasteiger partial charge in [-0.15, -0.1) is 12.4 Å². The maximum atomic E-state index is 11.5. The maximum Gasteiger partial charge on any atom is 0.251 e. The Labute approximate surface area is 108 Å². The smallest absolute Gasteiger partial charge is 0.251 e. The predicted octanol–water partition coefficient (Wildman–Crippen LogP) is -0.824. The maximum absolute atomic E-state index is 11.5. The molecule has 0 spiro atoms. The van der Waals surface area contributed by atoms with Crippen molar-refractivity contribution in [3.8, 4) is 0 Å². The number of hydrogen-bond acceptors (Lipinski definition) is 5. The summed E-state index contributed by atoms with van der Waals surface area (Å²) < 4.78 is 15.3. The van der Waals surface area contributed by atoms with Crippen molar-refractivity contribution in [1.82, 2.24) is 10.6 Å². The van der Waals surface area contributed by atoms with Gasteiger partial charge in [0.1, 0.15) is 0 Å². The number of ether oxygens (including phenoxy) is 3. The summed E-state index contributed by atoms with van der Waals surface area (Å²) in [5, 5.41) is 5.91. The van der Waals surface area contributed by atoms with E-state index in [0.29, 0.717) is 33.0 Å². The molecule has 0 saturated carbocycles. The van der Waals surface area contributed by atoms with E-state index in [9.17, 15) is 4.79 Å². The minimum Gasteiger partial charge on any atom is -0.383 e. The molecule has 1 fully saturated rings. The molecule has 7 heteroatoms. The van der Waals surface area contributed by atoms with E-state index in [1.54, 1.807) is 7.11 Å². The second-order valence-corrected chi connectivity index (χ2v) is 3.47. The molecule has 1 rings (SSSR count). The van der Waals surface area contributed by atoms with Crippen molar-refractivity contribution >= 4 is 18.3 Å². The summed E-state index contributed by atoms with van der Waals surface area (Å²) in [6.45, 7) is 4.18. The number of halogens is 1. The third kappa shape index (κ3) is 7.51. The van der Waals surface area contributed by atoms with Crippen LogP contribution in [0.1, 0.15) is 0 Å². The van der Waals surface area contributed by atoms with E-state index in [4.69, 9.17) is 14.2 Å². The number of nitrogens with one attached hydrogen (secondary N) is 2. The van der Waals surface area contributed by atoms with Crippen LogP contribution in [0.3, 0.4) is 0 Å². The summed E-state index contributed by atoms with van der Waals surface area (Å²) in [6, 6.07) is 0. The number of rotatable bonds is 7. The van der Waals surface area contributed by atoms with Gasteiger partial charge in [-0.1, -0.05) is 0 Å². The Kier molecular flexibility index (Phi) is 10.5. The molecule has 0 bridgehead atoms. The Morgan fingerprint density at radius 1 is 1.35 bits per heavy atom. The molecule has 1 aliphatic rings. The number of amides is 1. The Balaban J connectivity index is 0.00000256. The molecule has 0 aliphatic carbocycles. The molecule has 102 valence electrons. The highest BCUT2D eigenvalue weighted by Gasteiger charge is 2.21. The van der Waals surface area contributed by atoms with Crippen LogP contribution in [0.15, 0.2) is 0 Å². The molecular formula is C10H21ClN2O4. The van der Waals surface area contributed by atoms with Crippen molar-refractivity contribution in [3.63, 3.8) is 0 Å². The third-order valence-electron chi connectivity index (χ3n) is 2.19. The summed E-state index contributed by atoms with van der Waals surface area (Å²) in [6.07, 6.45) is -0.451. The highest BCUT2D eigenvalue weighted by atomic mass is 35.5. The van der Waals surface area contributed by atoms with Crippen LogP contribution in [-0.2, 0) is 19.0 Å². The Bertz CT molecular complexity index is 201. The lowest BCUT2D eigenvalue weighted by atomic mass is 10.3. The molecule has 1 aliphatic heterocycles. The standard InChI is InChI=1S/C10H20N2O4.ClH/c1-14-5-4-11-2-3-12-10(13)9-8-15-6-7-16-9;/h9,11H,2-8H2,1H3,(H,12,13);1H. The molecule has 6 nitrogen and oxygen atoms in total. The van der Waals surface area contributed by atoms with Crippen LogP contribution >= 0.6 is 12.4 Å². The van der Waals surface area contributed by atoms with Gasteiger partial charge in [-0.3, -0.25) is 4.79 Å². The summed E-state index contributed by atoms with van der Waals surface area (Å²) in [5.41, 5.74) is 0. The molecule has 1 atom stereocenters. The second kappa shape index (κ2) is 10.7. The molecule has 1 heterocycles. The fourth-order valence-corrected chi connectivity index (χ4v) is 1.33. The number of carbonyl (C=O) groups is 1. The van der Waals surface area contributed by atoms with Gasteiger partial charge in [0.2, 0.25) is 0 Å². The number of hydrogen-bond donors (Lipinski definition) is 2. The van der Waals surface area contributed by atoms with E-state index in [-0.39, 0.29) is 18.3 Å². The van der Waals surface area contributed by atoms with Gasteiger partial charge in [0.15, 0.2) is 6.10 Å². The van der Waals surface area contributed by atoms with E-state index >= 15 is 0 Å². The van der Waals surface area contributed by atoms with Crippen molar-refractivity contribution in [1.29, 1.82) is 0 Å². The first-order valence-corrected chi connectivity index (χ1v) is 5.51. The van der Waals surface area contributed by atoms with E-state index in [1.807, 2.05) is 0 Å². The van der Waals surface area contributed by atoms with Crippen LogP contribution in [-0.4, -0.2) is 65.2 Å². The molecule has 17 heavy (non-hydrogen) atoms. The topological polar surface area (TPSA) is 68.8 Å². The van der Waals surface area contributed by atoms with E-state index in [0.717, 1.165) is 13.1 Å². The molecule has 0 aromatic rings. The average molecular weight is 269 g/mol. The molecule has 1 amide bonds. The molecule has 1 unspecified atom stereocenters. The van der Waals surface area contributed by atoms with Crippen molar-refractivity contribution < 1.29 is 19.0 Å². The average Bonchev–Trinajstić information content (AvgIpc) is 2.34. The predicted molar refractivity (Wildman–Crippen MR) is 65.6 cm³/mol. The van der Waals surface area contributed by atoms with Gasteiger partial charge in [-0.2, -0.15) is 0 Å². The van der Waals surface area contributed by atoms with Crippen LogP contribution in [0.2, 0.25) is 0 Å². The molecule has 0 radical (unpaired) electrons. The first-order chi connectivity index (χ1) is 7.84. The number of methoxy groups -OCH3 is 1. The van der Waals surface area contributed by atoms with Gasteiger partial charge >= 0.3 is 0 Å². The quantitative estimate of drug-likeness (QED) is 0.591. The van der Waals surface area contributed by atoms with Crippen LogP contribution in [0.25, 0.3) is 0 Å². The Hall–Kier alpha value is -0.400. The van der Waals surface area contributed by atoms with E-state index in [2.05, 4.69) is 10.6 Å². The second-order valence-electron chi connectivity index (χ2n) is 3.47. The van der Waals surface area contributed by atoms with Gasteiger partial charge in [-0.25, -0.2) is 0 Å². The van der Waals surface area contributed by atoms with Crippen molar-refractivity contribution in [2.75, 3.05) is 53.2 Å². The summed E-state index contributed by atoms with van der Waals surface area (Å²) in [5.74, 6) is -0.103. The highest BCUT2D eigenvalue weighted by Crippen LogP contribution is 1.99. The van der Waals surface area contributed by atoms with Gasteiger partial charge in [0, 0.05) is 26.7 Å². The van der Waals surface area contributed by atoms with Crippen molar-refractivity contribution in [3.05, 3.63) is 0 Å². The van der Waals surface area contributed by atoms with Gasteiger partial charge in [0.05, 0.1) is 26.4 Å². The minimum absolute atomic E-state index is 0. The lowest BCUT2D eigenvalue weighted by Crippen LogP contribution is -2.44. The Morgan fingerprint density at radius 3 is 2.82 bits per heavy atom. The zero-order valence-electron chi connectivity index (χ0n) is 10.1. The van der Waals surface area contributed by atoms with Crippen LogP contribution in [0, 0.1) is 0 Å². The van der Waals surface area contributed by atoms with Crippen LogP contribution in [0.4, 0.5) is 0 Å². The molecule has 1 saturated heterocycles. The van der Waals surface area contributed by atoms with Gasteiger partial charge in [-0.05, 0) is 0 Å². The lowest BCUT2D eigenvalue weighted by molar-refractivity contribution is -0.147. The lowest BCUT2D eigenvalue weighted by Gasteiger charge is -2.22. The summed E-state index contributed by atoms with van der Waals surface area (Å²) >= 11 is 0. The molecule has 0 aromatic heterocycles. The van der Waals surface area contributed by atoms with E-state index in [1.165, 1.54) is 0 Å². The zero-order chi connectivity index (χ0) is 11.6. The number of carbonyl (C=O) groups excluding carboxylic acids is 1. The molecule has 0 aromatic carbocycles. The SMILES string of the molecule is COCCNCCNC(=O)C1COCCO1.Cl.